The minimum absolute atomic E-state index is 0. The number of aromatic carboxylic acids is 1. The van der Waals surface area contributed by atoms with Gasteiger partial charge in [0, 0.05) is 6.04 Å². The van der Waals surface area contributed by atoms with Crippen molar-refractivity contribution in [1.82, 2.24) is 0 Å². The third-order valence-corrected chi connectivity index (χ3v) is 2.55. The summed E-state index contributed by atoms with van der Waals surface area (Å²) in [5, 5.41) is 8.89. The molecule has 0 radical (unpaired) electrons. The molecule has 1 atom stereocenters. The van der Waals surface area contributed by atoms with E-state index in [2.05, 4.69) is 0 Å². The van der Waals surface area contributed by atoms with Crippen molar-refractivity contribution >= 4 is 18.4 Å². The molecule has 0 unspecified atom stereocenters. The molecule has 0 saturated heterocycles. The monoisotopic (exact) mass is 213 g/mol. The zero-order valence-electron chi connectivity index (χ0n) is 7.56. The highest BCUT2D eigenvalue weighted by atomic mass is 35.5. The van der Waals surface area contributed by atoms with Gasteiger partial charge in [-0.25, -0.2) is 4.79 Å². The van der Waals surface area contributed by atoms with Crippen LogP contribution >= 0.6 is 12.4 Å². The first-order valence-electron chi connectivity index (χ1n) is 4.31. The maximum Gasteiger partial charge on any atom is 0.335 e. The van der Waals surface area contributed by atoms with Crippen molar-refractivity contribution in [2.24, 2.45) is 5.73 Å². The lowest BCUT2D eigenvalue weighted by Crippen LogP contribution is -2.06. The van der Waals surface area contributed by atoms with E-state index in [1.807, 2.05) is 6.07 Å². The van der Waals surface area contributed by atoms with Crippen molar-refractivity contribution in [2.45, 2.75) is 18.9 Å². The molecule has 1 aliphatic carbocycles. The summed E-state index contributed by atoms with van der Waals surface area (Å²) in [5.74, 6) is -0.856. The summed E-state index contributed by atoms with van der Waals surface area (Å²) in [7, 11) is 0. The molecule has 3 nitrogen and oxygen atoms in total. The lowest BCUT2D eigenvalue weighted by Gasteiger charge is -2.05. The first-order valence-corrected chi connectivity index (χ1v) is 4.31. The highest BCUT2D eigenvalue weighted by Crippen LogP contribution is 2.31. The molecule has 4 heteroatoms. The van der Waals surface area contributed by atoms with Crippen LogP contribution in [-0.4, -0.2) is 11.1 Å². The van der Waals surface area contributed by atoms with Crippen molar-refractivity contribution in [3.63, 3.8) is 0 Å². The molecule has 0 fully saturated rings. The molecule has 1 aromatic carbocycles. The van der Waals surface area contributed by atoms with E-state index in [0.29, 0.717) is 5.56 Å². The Morgan fingerprint density at radius 3 is 2.86 bits per heavy atom. The highest BCUT2D eigenvalue weighted by molar-refractivity contribution is 5.90. The van der Waals surface area contributed by atoms with E-state index in [1.165, 1.54) is 0 Å². The molecule has 0 saturated carbocycles. The normalized spacial score (nSPS) is 18.5. The Kier molecular flexibility index (Phi) is 3.13. The topological polar surface area (TPSA) is 63.3 Å². The van der Waals surface area contributed by atoms with E-state index in [4.69, 9.17) is 10.8 Å². The van der Waals surface area contributed by atoms with Gasteiger partial charge in [0.2, 0.25) is 0 Å². The summed E-state index contributed by atoms with van der Waals surface area (Å²) < 4.78 is 0. The van der Waals surface area contributed by atoms with Crippen molar-refractivity contribution in [3.8, 4) is 0 Å². The van der Waals surface area contributed by atoms with Gasteiger partial charge >= 0.3 is 5.97 Å². The Bertz CT molecular complexity index is 365. The van der Waals surface area contributed by atoms with Crippen LogP contribution in [0.5, 0.6) is 0 Å². The third-order valence-electron chi connectivity index (χ3n) is 2.55. The summed E-state index contributed by atoms with van der Waals surface area (Å²) in [5.41, 5.74) is 8.15. The van der Waals surface area contributed by atoms with Crippen LogP contribution < -0.4 is 5.73 Å². The zero-order chi connectivity index (χ0) is 9.42. The van der Waals surface area contributed by atoms with Crippen LogP contribution in [0.4, 0.5) is 0 Å². The molecule has 14 heavy (non-hydrogen) atoms. The molecule has 76 valence electrons. The van der Waals surface area contributed by atoms with Gasteiger partial charge in [0.25, 0.3) is 0 Å². The molecule has 0 heterocycles. The minimum Gasteiger partial charge on any atom is -0.478 e. The molecule has 0 amide bonds. The Balaban J connectivity index is 0.000000980. The quantitative estimate of drug-likeness (QED) is 0.747. The molecular weight excluding hydrogens is 202 g/mol. The standard InChI is InChI=1S/C10H11NO2.ClH/c11-9-5-4-6-7(9)2-1-3-8(6)10(12)13;/h1-3,9H,4-5,11H2,(H,12,13);1H/t9-;/m1./s1. The Hall–Kier alpha value is -1.06. The molecule has 0 bridgehead atoms. The van der Waals surface area contributed by atoms with Crippen molar-refractivity contribution < 1.29 is 9.90 Å². The number of carbonyl (C=O) groups is 1. The van der Waals surface area contributed by atoms with Gasteiger partial charge in [0.15, 0.2) is 0 Å². The minimum atomic E-state index is -0.856. The van der Waals surface area contributed by atoms with E-state index >= 15 is 0 Å². The lowest BCUT2D eigenvalue weighted by molar-refractivity contribution is 0.0696. The highest BCUT2D eigenvalue weighted by Gasteiger charge is 2.23. The summed E-state index contributed by atoms with van der Waals surface area (Å²) in [6.07, 6.45) is 1.65. The fourth-order valence-electron chi connectivity index (χ4n) is 1.89. The molecule has 3 N–H and O–H groups in total. The first-order chi connectivity index (χ1) is 6.20. The number of halogens is 1. The Morgan fingerprint density at radius 2 is 2.21 bits per heavy atom. The second-order valence-corrected chi connectivity index (χ2v) is 3.32. The number of hydrogen-bond donors (Lipinski definition) is 2. The largest absolute Gasteiger partial charge is 0.478 e. The van der Waals surface area contributed by atoms with Gasteiger partial charge in [-0.2, -0.15) is 0 Å². The van der Waals surface area contributed by atoms with E-state index in [0.717, 1.165) is 24.0 Å². The average molecular weight is 214 g/mol. The van der Waals surface area contributed by atoms with E-state index in [1.54, 1.807) is 12.1 Å². The SMILES string of the molecule is Cl.N[C@@H]1CCc2c(C(=O)O)cccc21. The summed E-state index contributed by atoms with van der Waals surface area (Å²) in [4.78, 5) is 10.8. The maximum absolute atomic E-state index is 10.8. The molecular formula is C10H12ClNO2. The second kappa shape index (κ2) is 3.98. The predicted molar refractivity (Wildman–Crippen MR) is 55.9 cm³/mol. The van der Waals surface area contributed by atoms with Gasteiger partial charge in [-0.05, 0) is 30.0 Å². The van der Waals surface area contributed by atoms with Crippen LogP contribution in [0.3, 0.4) is 0 Å². The number of fused-ring (bicyclic) bond motifs is 1. The number of nitrogens with two attached hydrogens (primary N) is 1. The maximum atomic E-state index is 10.8. The smallest absolute Gasteiger partial charge is 0.335 e. The van der Waals surface area contributed by atoms with Crippen molar-refractivity contribution in [1.29, 1.82) is 0 Å². The van der Waals surface area contributed by atoms with Gasteiger partial charge in [0.05, 0.1) is 5.56 Å². The number of benzene rings is 1. The third kappa shape index (κ3) is 1.61. The molecule has 2 rings (SSSR count). The van der Waals surface area contributed by atoms with E-state index in [-0.39, 0.29) is 18.4 Å². The summed E-state index contributed by atoms with van der Waals surface area (Å²) in [6.45, 7) is 0. The van der Waals surface area contributed by atoms with Crippen LogP contribution in [0.1, 0.15) is 33.9 Å². The van der Waals surface area contributed by atoms with Crippen LogP contribution in [0, 0.1) is 0 Å². The van der Waals surface area contributed by atoms with Gasteiger partial charge in [0.1, 0.15) is 0 Å². The summed E-state index contributed by atoms with van der Waals surface area (Å²) >= 11 is 0. The number of rotatable bonds is 1. The van der Waals surface area contributed by atoms with Crippen LogP contribution in [0.2, 0.25) is 0 Å². The summed E-state index contributed by atoms with van der Waals surface area (Å²) in [6, 6.07) is 5.33. The van der Waals surface area contributed by atoms with Crippen LogP contribution in [-0.2, 0) is 6.42 Å². The van der Waals surface area contributed by atoms with E-state index < -0.39 is 5.97 Å². The van der Waals surface area contributed by atoms with Crippen LogP contribution in [0.15, 0.2) is 18.2 Å². The van der Waals surface area contributed by atoms with Crippen molar-refractivity contribution in [3.05, 3.63) is 34.9 Å². The number of carboxylic acid groups (broad SMARTS) is 1. The van der Waals surface area contributed by atoms with Gasteiger partial charge in [-0.15, -0.1) is 12.4 Å². The number of hydrogen-bond acceptors (Lipinski definition) is 2. The number of carboxylic acids is 1. The average Bonchev–Trinajstić information content (AvgIpc) is 2.48. The van der Waals surface area contributed by atoms with E-state index in [9.17, 15) is 4.79 Å². The van der Waals surface area contributed by atoms with Crippen molar-refractivity contribution in [2.75, 3.05) is 0 Å². The molecule has 0 aromatic heterocycles. The van der Waals surface area contributed by atoms with Gasteiger partial charge in [-0.3, -0.25) is 0 Å². The Morgan fingerprint density at radius 1 is 1.50 bits per heavy atom. The molecule has 1 aliphatic rings. The van der Waals surface area contributed by atoms with Crippen LogP contribution in [0.25, 0.3) is 0 Å². The molecule has 0 aliphatic heterocycles. The second-order valence-electron chi connectivity index (χ2n) is 3.32. The Labute approximate surface area is 88.3 Å². The lowest BCUT2D eigenvalue weighted by atomic mass is 10.0. The van der Waals surface area contributed by atoms with Gasteiger partial charge < -0.3 is 10.8 Å². The molecule has 0 spiro atoms. The predicted octanol–water partition coefficient (Wildman–Crippen LogP) is 1.75. The van der Waals surface area contributed by atoms with Gasteiger partial charge in [-0.1, -0.05) is 12.1 Å². The zero-order valence-corrected chi connectivity index (χ0v) is 8.38. The fourth-order valence-corrected chi connectivity index (χ4v) is 1.89. The molecule has 1 aromatic rings. The first kappa shape index (κ1) is 11.0. The fraction of sp³-hybridized carbons (Fsp3) is 0.300.